The Balaban J connectivity index is 2.28. The van der Waals surface area contributed by atoms with Gasteiger partial charge in [-0.3, -0.25) is 4.21 Å². The SMILES string of the molecule is O=S(c1ccccc1)C(Cl)(Cl)C1(O)CCC1. The van der Waals surface area contributed by atoms with E-state index in [1.54, 1.807) is 24.3 Å². The fraction of sp³-hybridized carbons (Fsp3) is 0.455. The van der Waals surface area contributed by atoms with E-state index >= 15 is 0 Å². The van der Waals surface area contributed by atoms with E-state index in [-0.39, 0.29) is 0 Å². The Morgan fingerprint density at radius 1 is 1.25 bits per heavy atom. The van der Waals surface area contributed by atoms with Crippen LogP contribution in [0.1, 0.15) is 19.3 Å². The maximum absolute atomic E-state index is 12.2. The fourth-order valence-electron chi connectivity index (χ4n) is 1.67. The normalized spacial score (nSPS) is 21.2. The van der Waals surface area contributed by atoms with Gasteiger partial charge in [0, 0.05) is 4.90 Å². The third-order valence-electron chi connectivity index (χ3n) is 2.91. The molecule has 0 radical (unpaired) electrons. The van der Waals surface area contributed by atoms with Crippen molar-refractivity contribution < 1.29 is 9.32 Å². The lowest BCUT2D eigenvalue weighted by atomic mass is 9.81. The second-order valence-electron chi connectivity index (χ2n) is 3.98. The standard InChI is InChI=1S/C11H12Cl2O2S/c12-11(13,10(14)7-4-8-10)16(15)9-5-2-1-3-6-9/h1-3,5-6,14H,4,7-8H2. The summed E-state index contributed by atoms with van der Waals surface area (Å²) in [6.07, 6.45) is 1.86. The van der Waals surface area contributed by atoms with Gasteiger partial charge in [-0.05, 0) is 31.4 Å². The molecule has 1 aliphatic rings. The summed E-state index contributed by atoms with van der Waals surface area (Å²) >= 11 is 12.2. The smallest absolute Gasteiger partial charge is 0.224 e. The molecular formula is C11H12Cl2O2S. The van der Waals surface area contributed by atoms with E-state index in [2.05, 4.69) is 0 Å². The number of rotatable bonds is 3. The van der Waals surface area contributed by atoms with Gasteiger partial charge in [-0.15, -0.1) is 0 Å². The number of hydrogen-bond donors (Lipinski definition) is 1. The van der Waals surface area contributed by atoms with Gasteiger partial charge in [-0.25, -0.2) is 0 Å². The van der Waals surface area contributed by atoms with Crippen molar-refractivity contribution in [2.45, 2.75) is 33.4 Å². The van der Waals surface area contributed by atoms with E-state index < -0.39 is 20.1 Å². The highest BCUT2D eigenvalue weighted by Gasteiger charge is 2.56. The second-order valence-corrected chi connectivity index (χ2v) is 7.38. The molecule has 1 aromatic carbocycles. The Morgan fingerprint density at radius 2 is 1.81 bits per heavy atom. The minimum atomic E-state index is -1.63. The van der Waals surface area contributed by atoms with Gasteiger partial charge in [0.2, 0.25) is 3.67 Å². The van der Waals surface area contributed by atoms with Crippen molar-refractivity contribution in [3.8, 4) is 0 Å². The summed E-state index contributed by atoms with van der Waals surface area (Å²) < 4.78 is 10.6. The number of alkyl halides is 2. The monoisotopic (exact) mass is 278 g/mol. The zero-order valence-electron chi connectivity index (χ0n) is 8.53. The third kappa shape index (κ3) is 1.90. The van der Waals surface area contributed by atoms with Crippen molar-refractivity contribution in [2.24, 2.45) is 0 Å². The number of halogens is 2. The third-order valence-corrected chi connectivity index (χ3v) is 6.00. The number of aliphatic hydroxyl groups is 1. The van der Waals surface area contributed by atoms with Gasteiger partial charge < -0.3 is 5.11 Å². The molecule has 1 N–H and O–H groups in total. The van der Waals surface area contributed by atoms with Gasteiger partial charge in [0.1, 0.15) is 5.60 Å². The van der Waals surface area contributed by atoms with Crippen LogP contribution in [0.3, 0.4) is 0 Å². The van der Waals surface area contributed by atoms with Crippen LogP contribution in [0.25, 0.3) is 0 Å². The largest absolute Gasteiger partial charge is 0.386 e. The van der Waals surface area contributed by atoms with Crippen LogP contribution in [0.5, 0.6) is 0 Å². The van der Waals surface area contributed by atoms with Gasteiger partial charge in [-0.2, -0.15) is 0 Å². The van der Waals surface area contributed by atoms with Crippen molar-refractivity contribution in [1.29, 1.82) is 0 Å². The maximum atomic E-state index is 12.2. The minimum Gasteiger partial charge on any atom is -0.386 e. The van der Waals surface area contributed by atoms with Gasteiger partial charge in [0.15, 0.2) is 0 Å². The number of hydrogen-bond acceptors (Lipinski definition) is 2. The van der Waals surface area contributed by atoms with E-state index in [4.69, 9.17) is 23.2 Å². The molecule has 16 heavy (non-hydrogen) atoms. The van der Waals surface area contributed by atoms with E-state index in [0.717, 1.165) is 6.42 Å². The molecular weight excluding hydrogens is 267 g/mol. The van der Waals surface area contributed by atoms with E-state index in [9.17, 15) is 9.32 Å². The number of benzene rings is 1. The topological polar surface area (TPSA) is 37.3 Å². The molecule has 0 heterocycles. The van der Waals surface area contributed by atoms with Gasteiger partial charge in [-0.1, -0.05) is 41.4 Å². The maximum Gasteiger partial charge on any atom is 0.224 e. The van der Waals surface area contributed by atoms with Crippen molar-refractivity contribution in [3.63, 3.8) is 0 Å². The van der Waals surface area contributed by atoms with Gasteiger partial charge in [0.05, 0.1) is 10.8 Å². The molecule has 1 aliphatic carbocycles. The molecule has 0 bridgehead atoms. The molecule has 88 valence electrons. The Labute approximate surface area is 107 Å². The van der Waals surface area contributed by atoms with Gasteiger partial charge in [0.25, 0.3) is 0 Å². The van der Waals surface area contributed by atoms with Crippen LogP contribution in [0.2, 0.25) is 0 Å². The lowest BCUT2D eigenvalue weighted by Gasteiger charge is -2.44. The average molecular weight is 279 g/mol. The summed E-state index contributed by atoms with van der Waals surface area (Å²) in [5, 5.41) is 10.1. The predicted molar refractivity (Wildman–Crippen MR) is 66.1 cm³/mol. The molecule has 0 aromatic heterocycles. The molecule has 1 aromatic rings. The van der Waals surface area contributed by atoms with Crippen molar-refractivity contribution in [3.05, 3.63) is 30.3 Å². The van der Waals surface area contributed by atoms with Crippen LogP contribution in [0.15, 0.2) is 35.2 Å². The molecule has 1 fully saturated rings. The highest BCUT2D eigenvalue weighted by molar-refractivity contribution is 7.89. The molecule has 2 rings (SSSR count). The lowest BCUT2D eigenvalue weighted by molar-refractivity contribution is -0.0284. The first kappa shape index (κ1) is 12.4. The van der Waals surface area contributed by atoms with Gasteiger partial charge >= 0.3 is 0 Å². The highest BCUT2D eigenvalue weighted by atomic mass is 35.5. The predicted octanol–water partition coefficient (Wildman–Crippen LogP) is 2.84. The van der Waals surface area contributed by atoms with Crippen LogP contribution in [-0.2, 0) is 10.8 Å². The summed E-state index contributed by atoms with van der Waals surface area (Å²) in [7, 11) is -1.63. The van der Waals surface area contributed by atoms with Crippen LogP contribution < -0.4 is 0 Å². The second kappa shape index (κ2) is 4.30. The summed E-state index contributed by atoms with van der Waals surface area (Å²) in [4.78, 5) is 0.535. The summed E-state index contributed by atoms with van der Waals surface area (Å²) in [5.41, 5.74) is -1.23. The minimum absolute atomic E-state index is 0.499. The first-order valence-electron chi connectivity index (χ1n) is 5.04. The van der Waals surface area contributed by atoms with Crippen molar-refractivity contribution in [1.82, 2.24) is 0 Å². The first-order chi connectivity index (χ1) is 7.47. The summed E-state index contributed by atoms with van der Waals surface area (Å²) in [6, 6.07) is 8.74. The lowest BCUT2D eigenvalue weighted by Crippen LogP contribution is -2.54. The fourth-order valence-corrected chi connectivity index (χ4v) is 3.83. The Bertz CT molecular complexity index is 402. The Kier molecular flexibility index (Phi) is 3.32. The van der Waals surface area contributed by atoms with Crippen LogP contribution >= 0.6 is 23.2 Å². The molecule has 1 saturated carbocycles. The first-order valence-corrected chi connectivity index (χ1v) is 6.95. The van der Waals surface area contributed by atoms with Crippen molar-refractivity contribution >= 4 is 34.0 Å². The van der Waals surface area contributed by atoms with Crippen LogP contribution in [0.4, 0.5) is 0 Å². The average Bonchev–Trinajstić information content (AvgIpc) is 2.25. The molecule has 0 saturated heterocycles. The van der Waals surface area contributed by atoms with Crippen molar-refractivity contribution in [2.75, 3.05) is 0 Å². The molecule has 1 unspecified atom stereocenters. The zero-order chi connectivity index (χ0) is 11.8. The Hall–Kier alpha value is -0.0900. The summed E-state index contributed by atoms with van der Waals surface area (Å²) in [6.45, 7) is 0. The van der Waals surface area contributed by atoms with E-state index in [1.807, 2.05) is 6.07 Å². The quantitative estimate of drug-likeness (QED) is 0.864. The van der Waals surface area contributed by atoms with E-state index in [0.29, 0.717) is 17.7 Å². The molecule has 0 spiro atoms. The van der Waals surface area contributed by atoms with Crippen LogP contribution in [-0.4, -0.2) is 18.6 Å². The van der Waals surface area contributed by atoms with Crippen LogP contribution in [0, 0.1) is 0 Å². The zero-order valence-corrected chi connectivity index (χ0v) is 10.9. The summed E-state index contributed by atoms with van der Waals surface area (Å²) in [5.74, 6) is 0. The molecule has 0 aliphatic heterocycles. The van der Waals surface area contributed by atoms with E-state index in [1.165, 1.54) is 0 Å². The molecule has 0 amide bonds. The molecule has 5 heteroatoms. The Morgan fingerprint density at radius 3 is 2.25 bits per heavy atom. The molecule has 2 nitrogen and oxygen atoms in total. The highest BCUT2D eigenvalue weighted by Crippen LogP contribution is 2.50. The molecule has 1 atom stereocenters.